The first-order chi connectivity index (χ1) is 8.06. The minimum atomic E-state index is -0.365. The van der Waals surface area contributed by atoms with E-state index in [0.29, 0.717) is 29.5 Å². The largest absolute Gasteiger partial charge is 0.497 e. The van der Waals surface area contributed by atoms with E-state index in [2.05, 4.69) is 6.92 Å². The van der Waals surface area contributed by atoms with Gasteiger partial charge in [0, 0.05) is 11.8 Å². The van der Waals surface area contributed by atoms with Crippen molar-refractivity contribution in [3.05, 3.63) is 23.8 Å². The van der Waals surface area contributed by atoms with Gasteiger partial charge in [-0.15, -0.1) is 0 Å². The van der Waals surface area contributed by atoms with Crippen molar-refractivity contribution in [2.24, 2.45) is 5.92 Å². The fraction of sp³-hybridized carbons (Fsp3) is 0.462. The molecule has 1 aromatic carbocycles. The molecule has 0 aromatic heterocycles. The number of esters is 1. The maximum atomic E-state index is 11.8. The average molecular weight is 237 g/mol. The smallest absolute Gasteiger partial charge is 0.338 e. The first kappa shape index (κ1) is 13.4. The van der Waals surface area contributed by atoms with Gasteiger partial charge in [-0.25, -0.2) is 4.79 Å². The topological polar surface area (TPSA) is 61.5 Å². The molecule has 4 nitrogen and oxygen atoms in total. The third-order valence-electron chi connectivity index (χ3n) is 2.60. The molecule has 0 spiro atoms. The molecule has 1 unspecified atom stereocenters. The second-order valence-electron chi connectivity index (χ2n) is 4.11. The minimum absolute atomic E-state index is 0.363. The maximum absolute atomic E-state index is 11.8. The van der Waals surface area contributed by atoms with E-state index in [4.69, 9.17) is 15.2 Å². The first-order valence-corrected chi connectivity index (χ1v) is 5.68. The second-order valence-corrected chi connectivity index (χ2v) is 4.11. The van der Waals surface area contributed by atoms with Gasteiger partial charge in [-0.3, -0.25) is 0 Å². The molecule has 1 atom stereocenters. The van der Waals surface area contributed by atoms with Crippen molar-refractivity contribution in [1.82, 2.24) is 0 Å². The molecule has 17 heavy (non-hydrogen) atoms. The quantitative estimate of drug-likeness (QED) is 0.631. The van der Waals surface area contributed by atoms with Gasteiger partial charge < -0.3 is 15.2 Å². The molecule has 0 saturated heterocycles. The van der Waals surface area contributed by atoms with Gasteiger partial charge in [-0.1, -0.05) is 20.3 Å². The van der Waals surface area contributed by atoms with Gasteiger partial charge in [0.1, 0.15) is 5.75 Å². The highest BCUT2D eigenvalue weighted by Gasteiger charge is 2.11. The number of benzene rings is 1. The van der Waals surface area contributed by atoms with Crippen molar-refractivity contribution in [2.45, 2.75) is 20.3 Å². The van der Waals surface area contributed by atoms with Crippen LogP contribution in [0.4, 0.5) is 5.69 Å². The van der Waals surface area contributed by atoms with Gasteiger partial charge in [-0.05, 0) is 18.1 Å². The number of nitrogens with two attached hydrogens (primary N) is 1. The molecule has 0 bridgehead atoms. The summed E-state index contributed by atoms with van der Waals surface area (Å²) < 4.78 is 10.2. The number of hydrogen-bond acceptors (Lipinski definition) is 4. The Hall–Kier alpha value is -1.71. The Morgan fingerprint density at radius 3 is 2.71 bits per heavy atom. The molecule has 1 aromatic rings. The van der Waals surface area contributed by atoms with Gasteiger partial charge in [0.2, 0.25) is 0 Å². The van der Waals surface area contributed by atoms with E-state index in [1.807, 2.05) is 6.92 Å². The number of ether oxygens (including phenoxy) is 2. The van der Waals surface area contributed by atoms with Crippen LogP contribution in [0.5, 0.6) is 5.75 Å². The van der Waals surface area contributed by atoms with E-state index >= 15 is 0 Å². The van der Waals surface area contributed by atoms with Crippen LogP contribution in [0.15, 0.2) is 18.2 Å². The Morgan fingerprint density at radius 1 is 1.41 bits per heavy atom. The molecule has 0 aliphatic rings. The monoisotopic (exact) mass is 237 g/mol. The number of rotatable bonds is 5. The highest BCUT2D eigenvalue weighted by molar-refractivity contribution is 5.91. The van der Waals surface area contributed by atoms with Crippen molar-refractivity contribution in [1.29, 1.82) is 0 Å². The minimum Gasteiger partial charge on any atom is -0.497 e. The SMILES string of the molecule is CCC(C)COC(=O)c1cc(N)cc(OC)c1. The average Bonchev–Trinajstić information content (AvgIpc) is 2.34. The lowest BCUT2D eigenvalue weighted by Crippen LogP contribution is -2.12. The van der Waals surface area contributed by atoms with Crippen LogP contribution in [0.2, 0.25) is 0 Å². The number of anilines is 1. The molecule has 0 heterocycles. The van der Waals surface area contributed by atoms with E-state index in [0.717, 1.165) is 6.42 Å². The number of carbonyl (C=O) groups is 1. The lowest BCUT2D eigenvalue weighted by molar-refractivity contribution is 0.0447. The van der Waals surface area contributed by atoms with Crippen molar-refractivity contribution in [3.8, 4) is 5.75 Å². The number of nitrogen functional groups attached to an aromatic ring is 1. The zero-order valence-corrected chi connectivity index (χ0v) is 10.5. The van der Waals surface area contributed by atoms with E-state index in [-0.39, 0.29) is 5.97 Å². The first-order valence-electron chi connectivity index (χ1n) is 5.68. The molecular weight excluding hydrogens is 218 g/mol. The standard InChI is InChI=1S/C13H19NO3/c1-4-9(2)8-17-13(15)10-5-11(14)7-12(6-10)16-3/h5-7,9H,4,8,14H2,1-3H3. The zero-order chi connectivity index (χ0) is 12.8. The maximum Gasteiger partial charge on any atom is 0.338 e. The normalized spacial score (nSPS) is 11.9. The fourth-order valence-electron chi connectivity index (χ4n) is 1.28. The third kappa shape index (κ3) is 3.98. The van der Waals surface area contributed by atoms with Crippen LogP contribution in [-0.4, -0.2) is 19.7 Å². The summed E-state index contributed by atoms with van der Waals surface area (Å²) in [6.45, 7) is 4.52. The molecule has 0 saturated carbocycles. The molecule has 4 heteroatoms. The Labute approximate surface area is 102 Å². The lowest BCUT2D eigenvalue weighted by atomic mass is 10.1. The lowest BCUT2D eigenvalue weighted by Gasteiger charge is -2.10. The fourth-order valence-corrected chi connectivity index (χ4v) is 1.28. The summed E-state index contributed by atoms with van der Waals surface area (Å²) in [5.41, 5.74) is 6.57. The van der Waals surface area contributed by atoms with Crippen molar-refractivity contribution >= 4 is 11.7 Å². The van der Waals surface area contributed by atoms with Crippen LogP contribution in [0, 0.1) is 5.92 Å². The van der Waals surface area contributed by atoms with Crippen LogP contribution >= 0.6 is 0 Å². The Morgan fingerprint density at radius 2 is 2.12 bits per heavy atom. The molecule has 94 valence electrons. The van der Waals surface area contributed by atoms with Crippen molar-refractivity contribution in [3.63, 3.8) is 0 Å². The second kappa shape index (κ2) is 6.13. The molecule has 2 N–H and O–H groups in total. The Bertz CT molecular complexity index is 390. The molecule has 0 aliphatic carbocycles. The van der Waals surface area contributed by atoms with Crippen molar-refractivity contribution < 1.29 is 14.3 Å². The molecule has 0 aliphatic heterocycles. The summed E-state index contributed by atoms with van der Waals surface area (Å²) >= 11 is 0. The van der Waals surface area contributed by atoms with Gasteiger partial charge in [0.05, 0.1) is 19.3 Å². The van der Waals surface area contributed by atoms with Gasteiger partial charge >= 0.3 is 5.97 Å². The number of hydrogen-bond donors (Lipinski definition) is 1. The van der Waals surface area contributed by atoms with Crippen LogP contribution in [0.25, 0.3) is 0 Å². The van der Waals surface area contributed by atoms with Crippen molar-refractivity contribution in [2.75, 3.05) is 19.5 Å². The summed E-state index contributed by atoms with van der Waals surface area (Å²) in [4.78, 5) is 11.8. The predicted molar refractivity (Wildman–Crippen MR) is 67.1 cm³/mol. The van der Waals surface area contributed by atoms with Gasteiger partial charge in [-0.2, -0.15) is 0 Å². The summed E-state index contributed by atoms with van der Waals surface area (Å²) in [5.74, 6) is 0.554. The molecule has 0 amide bonds. The Kier molecular flexibility index (Phi) is 4.82. The van der Waals surface area contributed by atoms with Crippen LogP contribution in [0.3, 0.4) is 0 Å². The van der Waals surface area contributed by atoms with Gasteiger partial charge in [0.15, 0.2) is 0 Å². The van der Waals surface area contributed by atoms with E-state index < -0.39 is 0 Å². The molecule has 0 radical (unpaired) electrons. The third-order valence-corrected chi connectivity index (χ3v) is 2.60. The Balaban J connectivity index is 2.71. The molecule has 1 rings (SSSR count). The summed E-state index contributed by atoms with van der Waals surface area (Å²) in [6.07, 6.45) is 0.980. The van der Waals surface area contributed by atoms with E-state index in [1.165, 1.54) is 7.11 Å². The zero-order valence-electron chi connectivity index (χ0n) is 10.5. The van der Waals surface area contributed by atoms with Crippen LogP contribution in [0.1, 0.15) is 30.6 Å². The summed E-state index contributed by atoms with van der Waals surface area (Å²) in [6, 6.07) is 4.86. The molecule has 0 fully saturated rings. The van der Waals surface area contributed by atoms with E-state index in [1.54, 1.807) is 18.2 Å². The highest BCUT2D eigenvalue weighted by atomic mass is 16.5. The summed E-state index contributed by atoms with van der Waals surface area (Å²) in [5, 5.41) is 0. The van der Waals surface area contributed by atoms with E-state index in [9.17, 15) is 4.79 Å². The molecular formula is C13H19NO3. The number of methoxy groups -OCH3 is 1. The van der Waals surface area contributed by atoms with Crippen LogP contribution < -0.4 is 10.5 Å². The van der Waals surface area contributed by atoms with Gasteiger partial charge in [0.25, 0.3) is 0 Å². The van der Waals surface area contributed by atoms with Crippen LogP contribution in [-0.2, 0) is 4.74 Å². The number of carbonyl (C=O) groups excluding carboxylic acids is 1. The highest BCUT2D eigenvalue weighted by Crippen LogP contribution is 2.19. The summed E-state index contributed by atoms with van der Waals surface area (Å²) in [7, 11) is 1.53. The predicted octanol–water partition coefficient (Wildman–Crippen LogP) is 2.48.